The maximum absolute atomic E-state index is 11.0. The van der Waals surface area contributed by atoms with Crippen LogP contribution in [-0.4, -0.2) is 14.9 Å². The molecule has 22 heavy (non-hydrogen) atoms. The molecule has 1 aromatic carbocycles. The van der Waals surface area contributed by atoms with Crippen molar-refractivity contribution in [3.8, 4) is 17.7 Å². The topological polar surface area (TPSA) is 102 Å². The molecule has 0 saturated carbocycles. The first kappa shape index (κ1) is 13.5. The summed E-state index contributed by atoms with van der Waals surface area (Å²) in [5.74, 6) is 0.637. The van der Waals surface area contributed by atoms with E-state index in [9.17, 15) is 10.1 Å². The minimum absolute atomic E-state index is 0.0387. The zero-order valence-electron chi connectivity index (χ0n) is 11.1. The number of ether oxygens (including phenoxy) is 1. The van der Waals surface area contributed by atoms with Gasteiger partial charge in [-0.15, -0.1) is 0 Å². The molecule has 0 atom stereocenters. The van der Waals surface area contributed by atoms with Crippen LogP contribution in [0.25, 0.3) is 10.9 Å². The largest absolute Gasteiger partial charge is 0.437 e. The van der Waals surface area contributed by atoms with Crippen LogP contribution >= 0.6 is 0 Å². The quantitative estimate of drug-likeness (QED) is 0.542. The van der Waals surface area contributed by atoms with Crippen molar-refractivity contribution in [3.63, 3.8) is 0 Å². The number of non-ortho nitro benzene ring substituents is 1. The first-order valence-electron chi connectivity index (χ1n) is 6.25. The van der Waals surface area contributed by atoms with Crippen LogP contribution in [0.4, 0.5) is 5.69 Å². The van der Waals surface area contributed by atoms with Crippen LogP contribution in [0.3, 0.4) is 0 Å². The summed E-state index contributed by atoms with van der Waals surface area (Å²) in [4.78, 5) is 18.7. The summed E-state index contributed by atoms with van der Waals surface area (Å²) in [6.45, 7) is 0. The van der Waals surface area contributed by atoms with Crippen LogP contribution in [-0.2, 0) is 0 Å². The molecule has 0 amide bonds. The summed E-state index contributed by atoms with van der Waals surface area (Å²) < 4.78 is 5.62. The lowest BCUT2D eigenvalue weighted by Crippen LogP contribution is -1.94. The van der Waals surface area contributed by atoms with E-state index in [1.54, 1.807) is 24.3 Å². The molecular weight excluding hydrogens is 284 g/mol. The molecule has 0 bridgehead atoms. The summed E-state index contributed by atoms with van der Waals surface area (Å²) in [6.07, 6.45) is 2.92. The van der Waals surface area contributed by atoms with Crippen molar-refractivity contribution in [2.75, 3.05) is 0 Å². The number of nitro benzene ring substituents is 1. The number of nitro groups is 1. The minimum atomic E-state index is -0.465. The maximum atomic E-state index is 11.0. The third-order valence-corrected chi connectivity index (χ3v) is 2.99. The van der Waals surface area contributed by atoms with Gasteiger partial charge < -0.3 is 4.74 Å². The number of hydrogen-bond donors (Lipinski definition) is 0. The van der Waals surface area contributed by atoms with Crippen LogP contribution in [0.15, 0.2) is 48.8 Å². The fraction of sp³-hybridized carbons (Fsp3) is 0. The summed E-state index contributed by atoms with van der Waals surface area (Å²) in [6, 6.07) is 11.2. The molecule has 0 aliphatic rings. The average Bonchev–Trinajstić information content (AvgIpc) is 2.55. The highest BCUT2D eigenvalue weighted by molar-refractivity contribution is 5.92. The number of pyridine rings is 2. The molecule has 106 valence electrons. The smallest absolute Gasteiger partial charge is 0.279 e. The molecular formula is C15H8N4O3. The van der Waals surface area contributed by atoms with Crippen molar-refractivity contribution in [1.82, 2.24) is 9.97 Å². The standard InChI is InChI=1S/C15H8N4O3/c16-8-10-3-6-14(18-9-10)22-13-5-4-12(19(20)21)11-2-1-7-17-15(11)13/h1-7,9H. The fourth-order valence-corrected chi connectivity index (χ4v) is 1.99. The zero-order chi connectivity index (χ0) is 15.5. The Bertz CT molecular complexity index is 901. The third-order valence-electron chi connectivity index (χ3n) is 2.99. The van der Waals surface area contributed by atoms with Gasteiger partial charge in [0.1, 0.15) is 11.6 Å². The van der Waals surface area contributed by atoms with Crippen molar-refractivity contribution in [1.29, 1.82) is 5.26 Å². The van der Waals surface area contributed by atoms with Crippen molar-refractivity contribution in [2.24, 2.45) is 0 Å². The lowest BCUT2D eigenvalue weighted by molar-refractivity contribution is -0.383. The second kappa shape index (κ2) is 5.46. The summed E-state index contributed by atoms with van der Waals surface area (Å²) in [7, 11) is 0. The number of benzene rings is 1. The molecule has 2 aromatic heterocycles. The number of hydrogen-bond acceptors (Lipinski definition) is 6. The summed E-state index contributed by atoms with van der Waals surface area (Å²) >= 11 is 0. The third kappa shape index (κ3) is 2.41. The van der Waals surface area contributed by atoms with Crippen LogP contribution < -0.4 is 4.74 Å². The van der Waals surface area contributed by atoms with Crippen LogP contribution in [0.1, 0.15) is 5.56 Å². The highest BCUT2D eigenvalue weighted by Crippen LogP contribution is 2.33. The normalized spacial score (nSPS) is 10.1. The lowest BCUT2D eigenvalue weighted by atomic mass is 10.1. The van der Waals surface area contributed by atoms with E-state index in [2.05, 4.69) is 9.97 Å². The van der Waals surface area contributed by atoms with Gasteiger partial charge in [-0.1, -0.05) is 0 Å². The first-order valence-corrected chi connectivity index (χ1v) is 6.25. The second-order valence-corrected chi connectivity index (χ2v) is 4.34. The molecule has 0 spiro atoms. The molecule has 0 saturated heterocycles. The summed E-state index contributed by atoms with van der Waals surface area (Å²) in [5.41, 5.74) is 0.755. The summed E-state index contributed by atoms with van der Waals surface area (Å²) in [5, 5.41) is 20.2. The molecule has 2 heterocycles. The van der Waals surface area contributed by atoms with Gasteiger partial charge in [0.05, 0.1) is 15.9 Å². The van der Waals surface area contributed by atoms with E-state index in [1.807, 2.05) is 6.07 Å². The number of nitrogens with zero attached hydrogens (tertiary/aromatic N) is 4. The van der Waals surface area contributed by atoms with Crippen LogP contribution in [0.2, 0.25) is 0 Å². The van der Waals surface area contributed by atoms with Crippen LogP contribution in [0, 0.1) is 21.4 Å². The molecule has 7 heteroatoms. The highest BCUT2D eigenvalue weighted by atomic mass is 16.6. The zero-order valence-corrected chi connectivity index (χ0v) is 11.1. The second-order valence-electron chi connectivity index (χ2n) is 4.34. The van der Waals surface area contributed by atoms with Gasteiger partial charge in [-0.3, -0.25) is 15.1 Å². The lowest BCUT2D eigenvalue weighted by Gasteiger charge is -2.07. The first-order chi connectivity index (χ1) is 10.7. The monoisotopic (exact) mass is 292 g/mol. The van der Waals surface area contributed by atoms with E-state index in [0.29, 0.717) is 22.2 Å². The number of fused-ring (bicyclic) bond motifs is 1. The van der Waals surface area contributed by atoms with Crippen molar-refractivity contribution in [2.45, 2.75) is 0 Å². The predicted molar refractivity (Wildman–Crippen MR) is 77.4 cm³/mol. The number of aromatic nitrogens is 2. The molecule has 0 fully saturated rings. The van der Waals surface area contributed by atoms with Crippen molar-refractivity contribution < 1.29 is 9.66 Å². The van der Waals surface area contributed by atoms with Gasteiger partial charge in [0.15, 0.2) is 5.75 Å². The Balaban J connectivity index is 2.06. The van der Waals surface area contributed by atoms with Gasteiger partial charge in [0.25, 0.3) is 5.69 Å². The number of nitriles is 1. The highest BCUT2D eigenvalue weighted by Gasteiger charge is 2.16. The molecule has 7 nitrogen and oxygen atoms in total. The minimum Gasteiger partial charge on any atom is -0.437 e. The van der Waals surface area contributed by atoms with E-state index in [4.69, 9.17) is 10.00 Å². The molecule has 0 radical (unpaired) electrons. The Labute approximate surface area is 124 Å². The van der Waals surface area contributed by atoms with Gasteiger partial charge in [-0.2, -0.15) is 5.26 Å². The molecule has 3 aromatic rings. The Morgan fingerprint density at radius 1 is 1.18 bits per heavy atom. The van der Waals surface area contributed by atoms with Crippen molar-refractivity contribution >= 4 is 16.6 Å². The predicted octanol–water partition coefficient (Wildman–Crippen LogP) is 3.20. The molecule has 0 aliphatic carbocycles. The molecule has 0 aliphatic heterocycles. The van der Waals surface area contributed by atoms with Gasteiger partial charge >= 0.3 is 0 Å². The van der Waals surface area contributed by atoms with Gasteiger partial charge in [-0.25, -0.2) is 4.98 Å². The Morgan fingerprint density at radius 2 is 2.05 bits per heavy atom. The fourth-order valence-electron chi connectivity index (χ4n) is 1.99. The van der Waals surface area contributed by atoms with E-state index in [-0.39, 0.29) is 11.6 Å². The Hall–Kier alpha value is -3.53. The van der Waals surface area contributed by atoms with E-state index in [0.717, 1.165) is 0 Å². The van der Waals surface area contributed by atoms with E-state index >= 15 is 0 Å². The maximum Gasteiger partial charge on any atom is 0.279 e. The van der Waals surface area contributed by atoms with E-state index in [1.165, 1.54) is 24.5 Å². The van der Waals surface area contributed by atoms with Gasteiger partial charge in [0, 0.05) is 24.5 Å². The molecule has 3 rings (SSSR count). The van der Waals surface area contributed by atoms with Crippen molar-refractivity contribution in [3.05, 3.63) is 64.5 Å². The SMILES string of the molecule is N#Cc1ccc(Oc2ccc([N+](=O)[O-])c3cccnc23)nc1. The van der Waals surface area contributed by atoms with Crippen LogP contribution in [0.5, 0.6) is 11.6 Å². The Kier molecular flexibility index (Phi) is 3.34. The van der Waals surface area contributed by atoms with Gasteiger partial charge in [0.2, 0.25) is 5.88 Å². The molecule has 0 N–H and O–H groups in total. The average molecular weight is 292 g/mol. The molecule has 0 unspecified atom stereocenters. The number of rotatable bonds is 3. The van der Waals surface area contributed by atoms with E-state index < -0.39 is 4.92 Å². The van der Waals surface area contributed by atoms with Gasteiger partial charge in [-0.05, 0) is 24.3 Å². The Morgan fingerprint density at radius 3 is 2.73 bits per heavy atom.